The number of aliphatic hydroxyl groups is 4. The molecule has 3 aliphatic rings. The Morgan fingerprint density at radius 1 is 0.979 bits per heavy atom. The number of likely N-dealkylation sites (N-methyl/N-ethyl adjacent to an activating group) is 1. The minimum absolute atomic E-state index is 0.0100. The van der Waals surface area contributed by atoms with Crippen molar-refractivity contribution in [3.63, 3.8) is 0 Å². The number of ketones is 1. The number of aliphatic hydroxyl groups excluding tert-OH is 3. The average molecular weight is 669 g/mol. The quantitative estimate of drug-likeness (QED) is 0.0954. The van der Waals surface area contributed by atoms with Crippen LogP contribution in [-0.2, 0) is 9.59 Å². The molecular formula is C36H52N4O8. The van der Waals surface area contributed by atoms with E-state index in [0.29, 0.717) is 12.0 Å². The first-order chi connectivity index (χ1) is 22.7. The molecule has 12 heteroatoms. The van der Waals surface area contributed by atoms with E-state index >= 15 is 0 Å². The topological polar surface area (TPSA) is 218 Å². The third kappa shape index (κ3) is 6.62. The maximum atomic E-state index is 14.1. The fourth-order valence-electron chi connectivity index (χ4n) is 7.94. The second kappa shape index (κ2) is 15.2. The first kappa shape index (κ1) is 37.1. The number of carbonyl (C=O) groups excluding carboxylic acids is 3. The SMILES string of the molecule is CCCCCCCCCCCCCC(=O)Nc1ccc2c(c1O)C(=O)C1=C(O)[C@]3(O)C(=N)C(C(N)=O)=C(O)[C@@H](N(C)C)C3[C@@H](O)C1[C@H]2C. The van der Waals surface area contributed by atoms with Crippen molar-refractivity contribution in [1.29, 1.82) is 5.41 Å². The highest BCUT2D eigenvalue weighted by Crippen LogP contribution is 2.56. The number of nitrogens with one attached hydrogen (secondary N) is 2. The Bertz CT molecular complexity index is 1500. The molecule has 0 radical (unpaired) electrons. The number of primary amides is 1. The Hall–Kier alpha value is -3.74. The van der Waals surface area contributed by atoms with Gasteiger partial charge in [0.2, 0.25) is 5.91 Å². The fraction of sp³-hybridized carbons (Fsp3) is 0.611. The summed E-state index contributed by atoms with van der Waals surface area (Å²) in [5.74, 6) is -7.82. The van der Waals surface area contributed by atoms with Crippen molar-refractivity contribution < 1.29 is 39.9 Å². The molecule has 0 saturated heterocycles. The molecule has 6 atom stereocenters. The van der Waals surface area contributed by atoms with Gasteiger partial charge in [0, 0.05) is 17.9 Å². The molecule has 0 fully saturated rings. The summed E-state index contributed by atoms with van der Waals surface area (Å²) in [6.07, 6.45) is 11.3. The van der Waals surface area contributed by atoms with Crippen molar-refractivity contribution in [1.82, 2.24) is 4.90 Å². The molecule has 0 aromatic heterocycles. The van der Waals surface area contributed by atoms with Crippen LogP contribution in [0.4, 0.5) is 5.69 Å². The lowest BCUT2D eigenvalue weighted by Gasteiger charge is -2.54. The van der Waals surface area contributed by atoms with Crippen LogP contribution >= 0.6 is 0 Å². The summed E-state index contributed by atoms with van der Waals surface area (Å²) in [6, 6.07) is 1.81. The van der Waals surface area contributed by atoms with Crippen molar-refractivity contribution in [2.75, 3.05) is 19.4 Å². The van der Waals surface area contributed by atoms with Gasteiger partial charge in [-0.3, -0.25) is 19.3 Å². The Kier molecular flexibility index (Phi) is 11.8. The summed E-state index contributed by atoms with van der Waals surface area (Å²) >= 11 is 0. The van der Waals surface area contributed by atoms with Crippen LogP contribution < -0.4 is 11.1 Å². The largest absolute Gasteiger partial charge is 0.510 e. The molecule has 0 heterocycles. The molecule has 0 saturated carbocycles. The molecule has 1 aromatic rings. The van der Waals surface area contributed by atoms with Crippen LogP contribution in [0.25, 0.3) is 0 Å². The van der Waals surface area contributed by atoms with Gasteiger partial charge in [-0.25, -0.2) is 0 Å². The van der Waals surface area contributed by atoms with Gasteiger partial charge in [-0.1, -0.05) is 84.1 Å². The zero-order chi connectivity index (χ0) is 35.5. The minimum Gasteiger partial charge on any atom is -0.510 e. The Morgan fingerprint density at radius 2 is 1.54 bits per heavy atom. The van der Waals surface area contributed by atoms with Crippen LogP contribution in [0.1, 0.15) is 113 Å². The van der Waals surface area contributed by atoms with E-state index in [2.05, 4.69) is 12.2 Å². The Morgan fingerprint density at radius 3 is 2.08 bits per heavy atom. The van der Waals surface area contributed by atoms with E-state index in [1.807, 2.05) is 0 Å². The summed E-state index contributed by atoms with van der Waals surface area (Å²) < 4.78 is 0. The number of aromatic hydroxyl groups is 1. The predicted molar refractivity (Wildman–Crippen MR) is 182 cm³/mol. The smallest absolute Gasteiger partial charge is 0.254 e. The lowest BCUT2D eigenvalue weighted by Crippen LogP contribution is -2.68. The van der Waals surface area contributed by atoms with Gasteiger partial charge >= 0.3 is 0 Å². The number of Topliss-reactive ketones (excluding diaryl/α,β-unsaturated/α-hetero) is 1. The molecular weight excluding hydrogens is 616 g/mol. The monoisotopic (exact) mass is 668 g/mol. The highest BCUT2D eigenvalue weighted by atomic mass is 16.3. The van der Waals surface area contributed by atoms with Crippen molar-refractivity contribution in [3.8, 4) is 5.75 Å². The molecule has 264 valence electrons. The molecule has 2 unspecified atom stereocenters. The van der Waals surface area contributed by atoms with Crippen LogP contribution in [0.3, 0.4) is 0 Å². The predicted octanol–water partition coefficient (Wildman–Crippen LogP) is 4.74. The molecule has 12 nitrogen and oxygen atoms in total. The Labute approximate surface area is 282 Å². The number of hydrogen-bond donors (Lipinski definition) is 8. The minimum atomic E-state index is -2.76. The van der Waals surface area contributed by atoms with Gasteiger partial charge in [0.15, 0.2) is 17.1 Å². The number of rotatable bonds is 15. The van der Waals surface area contributed by atoms with Gasteiger partial charge in [-0.15, -0.1) is 0 Å². The maximum Gasteiger partial charge on any atom is 0.254 e. The lowest BCUT2D eigenvalue weighted by atomic mass is 9.55. The number of fused-ring (bicyclic) bond motifs is 3. The standard InChI is InChI=1S/C36H52N4O8/c1-5-6-7-8-9-10-11-12-13-14-15-16-22(41)39-21-18-17-20-19(2)23-25(30(43)24(20)29(21)42)34(46)36(48)27(31(23)44)28(40(3)4)32(45)26(33(36)37)35(38)47/h17-19,23,27-28,31,37,42,44-46,48H,5-16H2,1-4H3,(H2,38,47)(H,39,41)/t19-,23?,27?,28-,31-,36+/m0/s1. The molecule has 0 aliphatic heterocycles. The maximum absolute atomic E-state index is 14.1. The third-order valence-electron chi connectivity index (χ3n) is 10.5. The van der Waals surface area contributed by atoms with Gasteiger partial charge < -0.3 is 42.0 Å². The Balaban J connectivity index is 1.53. The number of nitrogens with two attached hydrogens (primary N) is 1. The van der Waals surface area contributed by atoms with Crippen molar-refractivity contribution in [3.05, 3.63) is 45.9 Å². The summed E-state index contributed by atoms with van der Waals surface area (Å²) in [5, 5.41) is 68.9. The number of nitrogens with zero attached hydrogens (tertiary/aromatic N) is 1. The number of hydrogen-bond acceptors (Lipinski definition) is 10. The molecule has 0 bridgehead atoms. The summed E-state index contributed by atoms with van der Waals surface area (Å²) in [4.78, 5) is 40.6. The van der Waals surface area contributed by atoms with Gasteiger partial charge in [-0.2, -0.15) is 0 Å². The summed E-state index contributed by atoms with van der Waals surface area (Å²) in [6.45, 7) is 3.90. The second-order valence-corrected chi connectivity index (χ2v) is 13.9. The first-order valence-corrected chi connectivity index (χ1v) is 17.2. The zero-order valence-corrected chi connectivity index (χ0v) is 28.5. The van der Waals surface area contributed by atoms with E-state index < -0.39 is 81.3 Å². The zero-order valence-electron chi connectivity index (χ0n) is 28.5. The third-order valence-corrected chi connectivity index (χ3v) is 10.5. The number of benzene rings is 1. The van der Waals surface area contributed by atoms with Crippen molar-refractivity contribution >= 4 is 29.0 Å². The molecule has 4 rings (SSSR count). The summed E-state index contributed by atoms with van der Waals surface area (Å²) in [5.41, 5.74) is 0.748. The lowest BCUT2D eigenvalue weighted by molar-refractivity contribution is -0.117. The van der Waals surface area contributed by atoms with E-state index in [-0.39, 0.29) is 23.6 Å². The number of phenolic OH excluding ortho intramolecular Hbond substituents is 1. The van der Waals surface area contributed by atoms with Crippen LogP contribution in [0, 0.1) is 17.2 Å². The fourth-order valence-corrected chi connectivity index (χ4v) is 7.94. The van der Waals surface area contributed by atoms with E-state index in [1.165, 1.54) is 70.0 Å². The molecule has 2 amide bonds. The molecule has 48 heavy (non-hydrogen) atoms. The molecule has 0 spiro atoms. The van der Waals surface area contributed by atoms with Crippen molar-refractivity contribution in [2.45, 2.75) is 115 Å². The highest BCUT2D eigenvalue weighted by molar-refractivity contribution is 6.26. The second-order valence-electron chi connectivity index (χ2n) is 13.9. The number of amides is 2. The van der Waals surface area contributed by atoms with E-state index in [9.17, 15) is 39.9 Å². The number of carbonyl (C=O) groups is 3. The van der Waals surface area contributed by atoms with Crippen LogP contribution in [0.5, 0.6) is 5.75 Å². The van der Waals surface area contributed by atoms with E-state index in [4.69, 9.17) is 11.1 Å². The van der Waals surface area contributed by atoms with Gasteiger partial charge in [0.1, 0.15) is 17.1 Å². The molecule has 3 aliphatic carbocycles. The highest BCUT2D eigenvalue weighted by Gasteiger charge is 2.65. The number of phenols is 1. The van der Waals surface area contributed by atoms with Crippen LogP contribution in [-0.4, -0.2) is 85.6 Å². The van der Waals surface area contributed by atoms with Gasteiger partial charge in [-0.05, 0) is 38.1 Å². The molecule has 9 N–H and O–H groups in total. The van der Waals surface area contributed by atoms with Crippen LogP contribution in [0.15, 0.2) is 34.8 Å². The number of anilines is 1. The first-order valence-electron chi connectivity index (χ1n) is 17.2. The van der Waals surface area contributed by atoms with Crippen LogP contribution in [0.2, 0.25) is 0 Å². The van der Waals surface area contributed by atoms with Gasteiger partial charge in [0.25, 0.3) is 5.91 Å². The summed E-state index contributed by atoms with van der Waals surface area (Å²) in [7, 11) is 3.04. The van der Waals surface area contributed by atoms with E-state index in [1.54, 1.807) is 13.0 Å². The van der Waals surface area contributed by atoms with Gasteiger partial charge in [0.05, 0.1) is 35.0 Å². The average Bonchev–Trinajstić information content (AvgIpc) is 3.02. The van der Waals surface area contributed by atoms with Crippen molar-refractivity contribution in [2.24, 2.45) is 17.6 Å². The molecule has 1 aromatic carbocycles. The van der Waals surface area contributed by atoms with E-state index in [0.717, 1.165) is 19.3 Å². The normalized spacial score (nSPS) is 26.8. The number of unbranched alkanes of at least 4 members (excludes halogenated alkanes) is 10.